The predicted molar refractivity (Wildman–Crippen MR) is 118 cm³/mol. The molecule has 31 heavy (non-hydrogen) atoms. The van der Waals surface area contributed by atoms with E-state index in [2.05, 4.69) is 15.4 Å². The highest BCUT2D eigenvalue weighted by atomic mass is 16.2. The average molecular weight is 414 g/mol. The summed E-state index contributed by atoms with van der Waals surface area (Å²) in [6.07, 6.45) is 2.45. The summed E-state index contributed by atoms with van der Waals surface area (Å²) in [5, 5.41) is 7.44. The van der Waals surface area contributed by atoms with Crippen LogP contribution >= 0.6 is 0 Å². The van der Waals surface area contributed by atoms with Gasteiger partial charge in [-0.15, -0.1) is 0 Å². The largest absolute Gasteiger partial charge is 0.354 e. The number of para-hydroxylation sites is 1. The van der Waals surface area contributed by atoms with Crippen molar-refractivity contribution in [3.05, 3.63) is 78.0 Å². The van der Waals surface area contributed by atoms with Gasteiger partial charge in [-0.3, -0.25) is 19.6 Å². The summed E-state index contributed by atoms with van der Waals surface area (Å²) in [5.74, 6) is 0.991. The lowest BCUT2D eigenvalue weighted by Gasteiger charge is -2.33. The van der Waals surface area contributed by atoms with Gasteiger partial charge >= 0.3 is 6.03 Å². The Hall–Kier alpha value is -3.94. The number of nitrogens with zero attached hydrogens (tertiary/aromatic N) is 5. The van der Waals surface area contributed by atoms with Crippen molar-refractivity contribution in [2.75, 3.05) is 31.1 Å². The molecule has 0 aliphatic carbocycles. The van der Waals surface area contributed by atoms with Crippen LogP contribution in [0.15, 0.2) is 71.9 Å². The number of amidine groups is 1. The molecule has 2 aromatic carbocycles. The second kappa shape index (κ2) is 8.06. The highest BCUT2D eigenvalue weighted by Crippen LogP contribution is 2.32. The van der Waals surface area contributed by atoms with Gasteiger partial charge in [-0.05, 0) is 24.1 Å². The Labute approximate surface area is 179 Å². The number of benzene rings is 2. The maximum atomic E-state index is 13.2. The number of nitrogens with one attached hydrogen (secondary N) is 1. The van der Waals surface area contributed by atoms with E-state index in [-0.39, 0.29) is 18.5 Å². The van der Waals surface area contributed by atoms with E-state index in [9.17, 15) is 9.59 Å². The van der Waals surface area contributed by atoms with Crippen LogP contribution < -0.4 is 10.2 Å². The number of rotatable bonds is 6. The Kier molecular flexibility index (Phi) is 4.95. The van der Waals surface area contributed by atoms with Crippen LogP contribution in [0.3, 0.4) is 0 Å². The van der Waals surface area contributed by atoms with E-state index in [4.69, 9.17) is 0 Å². The monoisotopic (exact) mass is 414 g/mol. The van der Waals surface area contributed by atoms with E-state index in [1.165, 1.54) is 4.90 Å². The molecule has 0 bridgehead atoms. The van der Waals surface area contributed by atoms with E-state index >= 15 is 0 Å². The van der Waals surface area contributed by atoms with E-state index in [1.54, 1.807) is 15.8 Å². The molecule has 5 rings (SSSR count). The molecule has 3 heterocycles. The van der Waals surface area contributed by atoms with Crippen molar-refractivity contribution in [3.63, 3.8) is 0 Å². The SMILES string of the molecule is O=C(CN1C(=O)N2CCN=C2c2cnn(-c3ccccc3)c21)NCCc1ccccc1. The van der Waals surface area contributed by atoms with E-state index < -0.39 is 0 Å². The van der Waals surface area contributed by atoms with Gasteiger partial charge in [0.05, 0.1) is 24.0 Å². The van der Waals surface area contributed by atoms with E-state index in [0.29, 0.717) is 31.3 Å². The summed E-state index contributed by atoms with van der Waals surface area (Å²) in [5.41, 5.74) is 2.73. The molecule has 8 heteroatoms. The smallest absolute Gasteiger partial charge is 0.331 e. The molecule has 0 fully saturated rings. The minimum absolute atomic E-state index is 0.0804. The van der Waals surface area contributed by atoms with Gasteiger partial charge in [0.1, 0.15) is 12.4 Å². The number of fused-ring (bicyclic) bond motifs is 3. The molecule has 1 aromatic heterocycles. The zero-order valence-corrected chi connectivity index (χ0v) is 16.9. The van der Waals surface area contributed by atoms with Crippen molar-refractivity contribution < 1.29 is 9.59 Å². The first-order valence-corrected chi connectivity index (χ1v) is 10.3. The summed E-state index contributed by atoms with van der Waals surface area (Å²) < 4.78 is 1.70. The topological polar surface area (TPSA) is 82.8 Å². The van der Waals surface area contributed by atoms with Gasteiger partial charge in [-0.25, -0.2) is 9.48 Å². The average Bonchev–Trinajstić information content (AvgIpc) is 3.45. The van der Waals surface area contributed by atoms with Gasteiger partial charge in [0, 0.05) is 13.1 Å². The van der Waals surface area contributed by atoms with Crippen LogP contribution in [0.1, 0.15) is 11.1 Å². The molecule has 3 aromatic rings. The number of hydrogen-bond acceptors (Lipinski definition) is 4. The standard InChI is InChI=1S/C23H22N6O2/c30-20(24-12-11-17-7-3-1-4-8-17)16-28-22-19(21-25-13-14-27(21)23(28)31)15-26-29(22)18-9-5-2-6-10-18/h1-10,15H,11-14,16H2,(H,24,30). The van der Waals surface area contributed by atoms with Crippen molar-refractivity contribution in [1.82, 2.24) is 20.0 Å². The fraction of sp³-hybridized carbons (Fsp3) is 0.217. The van der Waals surface area contributed by atoms with Crippen molar-refractivity contribution >= 4 is 23.6 Å². The molecule has 0 saturated heterocycles. The lowest BCUT2D eigenvalue weighted by atomic mass is 10.1. The van der Waals surface area contributed by atoms with Crippen LogP contribution in [0.5, 0.6) is 0 Å². The van der Waals surface area contributed by atoms with E-state index in [1.807, 2.05) is 60.7 Å². The number of carbonyl (C=O) groups excluding carboxylic acids is 2. The second-order valence-corrected chi connectivity index (χ2v) is 7.44. The van der Waals surface area contributed by atoms with Gasteiger partial charge in [0.15, 0.2) is 5.82 Å². The molecule has 156 valence electrons. The lowest BCUT2D eigenvalue weighted by Crippen LogP contribution is -2.53. The molecular weight excluding hydrogens is 392 g/mol. The number of anilines is 1. The van der Waals surface area contributed by atoms with Crippen molar-refractivity contribution in [2.45, 2.75) is 6.42 Å². The third-order valence-corrected chi connectivity index (χ3v) is 5.42. The number of hydrogen-bond donors (Lipinski definition) is 1. The molecule has 0 atom stereocenters. The zero-order valence-electron chi connectivity index (χ0n) is 16.9. The number of carbonyl (C=O) groups is 2. The molecule has 0 radical (unpaired) electrons. The summed E-state index contributed by atoms with van der Waals surface area (Å²) in [4.78, 5) is 33.6. The summed E-state index contributed by atoms with van der Waals surface area (Å²) in [6.45, 7) is 1.49. The fourth-order valence-electron chi connectivity index (χ4n) is 3.95. The van der Waals surface area contributed by atoms with Crippen LogP contribution in [-0.4, -0.2) is 58.6 Å². The van der Waals surface area contributed by atoms with Gasteiger partial charge in [0.25, 0.3) is 0 Å². The maximum absolute atomic E-state index is 13.2. The van der Waals surface area contributed by atoms with Gasteiger partial charge < -0.3 is 5.32 Å². The van der Waals surface area contributed by atoms with Crippen molar-refractivity contribution in [2.24, 2.45) is 4.99 Å². The minimum atomic E-state index is -0.250. The molecule has 0 saturated carbocycles. The molecule has 2 aliphatic heterocycles. The molecule has 1 N–H and O–H groups in total. The van der Waals surface area contributed by atoms with Crippen molar-refractivity contribution in [3.8, 4) is 5.69 Å². The van der Waals surface area contributed by atoms with Gasteiger partial charge in [-0.2, -0.15) is 5.10 Å². The quantitative estimate of drug-likeness (QED) is 0.672. The summed E-state index contributed by atoms with van der Waals surface area (Å²) in [6, 6.07) is 19.3. The molecule has 8 nitrogen and oxygen atoms in total. The Bertz CT molecular complexity index is 1140. The van der Waals surface area contributed by atoms with Crippen LogP contribution in [0.4, 0.5) is 10.6 Å². The number of urea groups is 1. The van der Waals surface area contributed by atoms with Gasteiger partial charge in [0.2, 0.25) is 5.91 Å². The number of aliphatic imine (C=N–C) groups is 1. The first-order valence-electron chi connectivity index (χ1n) is 10.3. The highest BCUT2D eigenvalue weighted by molar-refractivity contribution is 6.20. The molecule has 0 spiro atoms. The Morgan fingerprint density at radius 2 is 1.77 bits per heavy atom. The minimum Gasteiger partial charge on any atom is -0.354 e. The first kappa shape index (κ1) is 19.0. The number of aromatic nitrogens is 2. The maximum Gasteiger partial charge on any atom is 0.331 e. The zero-order chi connectivity index (χ0) is 21.2. The Morgan fingerprint density at radius 3 is 2.55 bits per heavy atom. The molecule has 0 unspecified atom stereocenters. The van der Waals surface area contributed by atoms with Crippen LogP contribution in [0.25, 0.3) is 5.69 Å². The van der Waals surface area contributed by atoms with Crippen LogP contribution in [-0.2, 0) is 11.2 Å². The van der Waals surface area contributed by atoms with E-state index in [0.717, 1.165) is 23.2 Å². The molecule has 3 amide bonds. The normalized spacial score (nSPS) is 14.8. The second-order valence-electron chi connectivity index (χ2n) is 7.44. The third-order valence-electron chi connectivity index (χ3n) is 5.42. The first-order chi connectivity index (χ1) is 15.2. The van der Waals surface area contributed by atoms with Crippen LogP contribution in [0.2, 0.25) is 0 Å². The predicted octanol–water partition coefficient (Wildman–Crippen LogP) is 2.23. The molecular formula is C23H22N6O2. The van der Waals surface area contributed by atoms with Crippen molar-refractivity contribution in [1.29, 1.82) is 0 Å². The summed E-state index contributed by atoms with van der Waals surface area (Å²) >= 11 is 0. The Morgan fingerprint density at radius 1 is 1.03 bits per heavy atom. The summed E-state index contributed by atoms with van der Waals surface area (Å²) in [7, 11) is 0. The lowest BCUT2D eigenvalue weighted by molar-refractivity contribution is -0.119. The van der Waals surface area contributed by atoms with Crippen LogP contribution in [0, 0.1) is 0 Å². The number of amides is 3. The fourth-order valence-corrected chi connectivity index (χ4v) is 3.95. The Balaban J connectivity index is 1.39. The van der Waals surface area contributed by atoms with Gasteiger partial charge in [-0.1, -0.05) is 48.5 Å². The third kappa shape index (κ3) is 3.56. The molecule has 2 aliphatic rings. The highest BCUT2D eigenvalue weighted by Gasteiger charge is 2.41.